The van der Waals surface area contributed by atoms with Crippen LogP contribution in [0.3, 0.4) is 0 Å². The summed E-state index contributed by atoms with van der Waals surface area (Å²) >= 11 is 0. The SMILES string of the molecule is Cn1c(=O)[nH]c(=O)c2c1ncn2CCNC1=NCCCCC1. The number of aromatic amines is 1. The maximum absolute atomic E-state index is 12.0. The molecule has 0 saturated carbocycles. The lowest BCUT2D eigenvalue weighted by Gasteiger charge is -2.09. The van der Waals surface area contributed by atoms with Gasteiger partial charge >= 0.3 is 5.69 Å². The van der Waals surface area contributed by atoms with Gasteiger partial charge in [-0.2, -0.15) is 0 Å². The van der Waals surface area contributed by atoms with Gasteiger partial charge in [-0.3, -0.25) is 19.3 Å². The fourth-order valence-corrected chi connectivity index (χ4v) is 2.69. The second-order valence-corrected chi connectivity index (χ2v) is 5.49. The first kappa shape index (κ1) is 14.6. The molecule has 0 saturated heterocycles. The van der Waals surface area contributed by atoms with Crippen molar-refractivity contribution in [3.05, 3.63) is 27.2 Å². The highest BCUT2D eigenvalue weighted by Gasteiger charge is 2.11. The number of nitrogens with zero attached hydrogens (tertiary/aromatic N) is 4. The zero-order valence-corrected chi connectivity index (χ0v) is 12.6. The van der Waals surface area contributed by atoms with Gasteiger partial charge in [-0.15, -0.1) is 0 Å². The van der Waals surface area contributed by atoms with E-state index < -0.39 is 11.2 Å². The second-order valence-electron chi connectivity index (χ2n) is 5.49. The molecular formula is C14H20N6O2. The van der Waals surface area contributed by atoms with E-state index in [-0.39, 0.29) is 0 Å². The number of nitrogens with one attached hydrogen (secondary N) is 2. The van der Waals surface area contributed by atoms with Crippen molar-refractivity contribution < 1.29 is 0 Å². The molecule has 0 amide bonds. The average molecular weight is 304 g/mol. The zero-order valence-electron chi connectivity index (χ0n) is 12.6. The third-order valence-electron chi connectivity index (χ3n) is 3.93. The summed E-state index contributed by atoms with van der Waals surface area (Å²) in [5.74, 6) is 1.04. The van der Waals surface area contributed by atoms with Gasteiger partial charge in [-0.05, 0) is 12.8 Å². The average Bonchev–Trinajstić information content (AvgIpc) is 2.74. The van der Waals surface area contributed by atoms with Gasteiger partial charge in [0.2, 0.25) is 0 Å². The van der Waals surface area contributed by atoms with Gasteiger partial charge < -0.3 is 9.88 Å². The number of aliphatic imine (C=N–C) groups is 1. The minimum absolute atomic E-state index is 0.401. The predicted molar refractivity (Wildman–Crippen MR) is 84.4 cm³/mol. The molecule has 0 atom stereocenters. The van der Waals surface area contributed by atoms with Crippen LogP contribution >= 0.6 is 0 Å². The molecule has 3 rings (SSSR count). The Morgan fingerprint density at radius 2 is 2.18 bits per heavy atom. The van der Waals surface area contributed by atoms with E-state index >= 15 is 0 Å². The number of aryl methyl sites for hydroxylation is 1. The Hall–Kier alpha value is -2.38. The maximum Gasteiger partial charge on any atom is 0.329 e. The standard InChI is InChI=1S/C14H20N6O2/c1-19-12-11(13(21)18-14(19)22)20(9-17-12)8-7-16-10-5-3-2-4-6-15-10/h9H,2-8H2,1H3,(H,15,16)(H,18,21,22). The van der Waals surface area contributed by atoms with E-state index in [1.54, 1.807) is 17.9 Å². The van der Waals surface area contributed by atoms with Gasteiger partial charge in [0.05, 0.1) is 12.2 Å². The monoisotopic (exact) mass is 304 g/mol. The summed E-state index contributed by atoms with van der Waals surface area (Å²) in [5.41, 5.74) is -0.0247. The molecule has 0 unspecified atom stereocenters. The smallest absolute Gasteiger partial charge is 0.329 e. The van der Waals surface area contributed by atoms with E-state index in [1.165, 1.54) is 17.4 Å². The van der Waals surface area contributed by atoms with Crippen LogP contribution in [-0.4, -0.2) is 38.0 Å². The van der Waals surface area contributed by atoms with E-state index in [9.17, 15) is 9.59 Å². The van der Waals surface area contributed by atoms with Crippen LogP contribution in [0.1, 0.15) is 25.7 Å². The molecule has 2 N–H and O–H groups in total. The number of rotatable bonds is 3. The first-order chi connectivity index (χ1) is 10.7. The van der Waals surface area contributed by atoms with Crippen LogP contribution in [0.2, 0.25) is 0 Å². The normalized spacial score (nSPS) is 15.6. The van der Waals surface area contributed by atoms with Gasteiger partial charge in [0, 0.05) is 33.1 Å². The van der Waals surface area contributed by atoms with Crippen LogP contribution in [0.15, 0.2) is 20.9 Å². The van der Waals surface area contributed by atoms with E-state index in [2.05, 4.69) is 20.3 Å². The summed E-state index contributed by atoms with van der Waals surface area (Å²) < 4.78 is 3.11. The summed E-state index contributed by atoms with van der Waals surface area (Å²) in [5, 5.41) is 3.33. The Balaban J connectivity index is 1.75. The van der Waals surface area contributed by atoms with Gasteiger partial charge in [0.15, 0.2) is 11.2 Å². The molecule has 0 bridgehead atoms. The van der Waals surface area contributed by atoms with E-state index in [0.29, 0.717) is 24.3 Å². The fourth-order valence-electron chi connectivity index (χ4n) is 2.69. The van der Waals surface area contributed by atoms with Crippen molar-refractivity contribution in [2.24, 2.45) is 12.0 Å². The Bertz CT molecular complexity index is 813. The minimum atomic E-state index is -0.450. The minimum Gasteiger partial charge on any atom is -0.372 e. The van der Waals surface area contributed by atoms with Gasteiger partial charge in [-0.1, -0.05) is 6.42 Å². The lowest BCUT2D eigenvalue weighted by molar-refractivity contribution is 0.678. The first-order valence-corrected chi connectivity index (χ1v) is 7.58. The number of hydrogen-bond donors (Lipinski definition) is 2. The van der Waals surface area contributed by atoms with Crippen molar-refractivity contribution in [1.82, 2.24) is 24.4 Å². The highest BCUT2D eigenvalue weighted by atomic mass is 16.2. The van der Waals surface area contributed by atoms with Gasteiger partial charge in [-0.25, -0.2) is 9.78 Å². The summed E-state index contributed by atoms with van der Waals surface area (Å²) in [4.78, 5) is 34.5. The summed E-state index contributed by atoms with van der Waals surface area (Å²) in [6.07, 6.45) is 6.13. The molecule has 0 aromatic carbocycles. The number of H-pyrrole nitrogens is 1. The molecule has 0 radical (unpaired) electrons. The molecule has 0 aliphatic carbocycles. The van der Waals surface area contributed by atoms with Crippen LogP contribution < -0.4 is 16.6 Å². The predicted octanol–water partition coefficient (Wildman–Crippen LogP) is -0.0146. The van der Waals surface area contributed by atoms with Crippen molar-refractivity contribution >= 4 is 17.0 Å². The first-order valence-electron chi connectivity index (χ1n) is 7.58. The molecular weight excluding hydrogens is 284 g/mol. The molecule has 118 valence electrons. The van der Waals surface area contributed by atoms with Crippen LogP contribution in [-0.2, 0) is 13.6 Å². The third-order valence-corrected chi connectivity index (χ3v) is 3.93. The van der Waals surface area contributed by atoms with Crippen LogP contribution in [0.4, 0.5) is 0 Å². The number of imidazole rings is 1. The van der Waals surface area contributed by atoms with E-state index in [4.69, 9.17) is 0 Å². The molecule has 3 heterocycles. The molecule has 1 aliphatic heterocycles. The van der Waals surface area contributed by atoms with Crippen molar-refractivity contribution in [2.45, 2.75) is 32.2 Å². The zero-order chi connectivity index (χ0) is 15.5. The van der Waals surface area contributed by atoms with E-state index in [0.717, 1.165) is 25.2 Å². The molecule has 8 heteroatoms. The molecule has 2 aromatic rings. The number of fused-ring (bicyclic) bond motifs is 1. The van der Waals surface area contributed by atoms with Crippen molar-refractivity contribution in [3.63, 3.8) is 0 Å². The summed E-state index contributed by atoms with van der Waals surface area (Å²) in [6.45, 7) is 2.15. The Labute approximate surface area is 126 Å². The summed E-state index contributed by atoms with van der Waals surface area (Å²) in [7, 11) is 1.59. The van der Waals surface area contributed by atoms with Gasteiger partial charge in [0.1, 0.15) is 0 Å². The lowest BCUT2D eigenvalue weighted by atomic mass is 10.2. The van der Waals surface area contributed by atoms with Crippen molar-refractivity contribution in [3.8, 4) is 0 Å². The fraction of sp³-hybridized carbons (Fsp3) is 0.571. The quantitative estimate of drug-likeness (QED) is 0.833. The third kappa shape index (κ3) is 2.81. The Kier molecular flexibility index (Phi) is 4.08. The highest BCUT2D eigenvalue weighted by molar-refractivity contribution is 5.82. The largest absolute Gasteiger partial charge is 0.372 e. The lowest BCUT2D eigenvalue weighted by Crippen LogP contribution is -2.30. The Morgan fingerprint density at radius 1 is 1.32 bits per heavy atom. The molecule has 2 aromatic heterocycles. The molecule has 0 fully saturated rings. The number of amidine groups is 1. The second kappa shape index (κ2) is 6.17. The number of hydrogen-bond acceptors (Lipinski definition) is 5. The molecule has 0 spiro atoms. The number of aromatic nitrogens is 4. The summed E-state index contributed by atoms with van der Waals surface area (Å²) in [6, 6.07) is 0. The van der Waals surface area contributed by atoms with E-state index in [1.807, 2.05) is 0 Å². The molecule has 1 aliphatic rings. The van der Waals surface area contributed by atoms with Crippen LogP contribution in [0.5, 0.6) is 0 Å². The van der Waals surface area contributed by atoms with Crippen LogP contribution in [0, 0.1) is 0 Å². The van der Waals surface area contributed by atoms with Crippen molar-refractivity contribution in [1.29, 1.82) is 0 Å². The molecule has 8 nitrogen and oxygen atoms in total. The topological polar surface area (TPSA) is 97.1 Å². The highest BCUT2D eigenvalue weighted by Crippen LogP contribution is 2.07. The Morgan fingerprint density at radius 3 is 3.05 bits per heavy atom. The van der Waals surface area contributed by atoms with Crippen molar-refractivity contribution in [2.75, 3.05) is 13.1 Å². The van der Waals surface area contributed by atoms with Crippen LogP contribution in [0.25, 0.3) is 11.2 Å². The molecule has 22 heavy (non-hydrogen) atoms. The van der Waals surface area contributed by atoms with Gasteiger partial charge in [0.25, 0.3) is 5.56 Å². The maximum atomic E-state index is 12.0.